The van der Waals surface area contributed by atoms with Gasteiger partial charge in [-0.15, -0.1) is 11.3 Å². The highest BCUT2D eigenvalue weighted by Gasteiger charge is 2.10. The maximum atomic E-state index is 9.74. The number of hydrogen-bond acceptors (Lipinski definition) is 4. The van der Waals surface area contributed by atoms with Crippen LogP contribution in [-0.4, -0.2) is 10.1 Å². The molecule has 0 aliphatic rings. The second kappa shape index (κ2) is 5.50. The van der Waals surface area contributed by atoms with E-state index >= 15 is 0 Å². The minimum atomic E-state index is -0.525. The minimum Gasteiger partial charge on any atom is -0.488 e. The minimum absolute atomic E-state index is 0.494. The Kier molecular flexibility index (Phi) is 3.99. The van der Waals surface area contributed by atoms with Crippen molar-refractivity contribution in [3.05, 3.63) is 45.4 Å². The first kappa shape index (κ1) is 13.1. The molecule has 96 valence electrons. The largest absolute Gasteiger partial charge is 0.488 e. The summed E-state index contributed by atoms with van der Waals surface area (Å²) in [6, 6.07) is 5.85. The second-order valence-electron chi connectivity index (χ2n) is 4.35. The average molecular weight is 263 g/mol. The molecule has 0 radical (unpaired) electrons. The normalized spacial score (nSPS) is 12.4. The molecule has 1 heterocycles. The van der Waals surface area contributed by atoms with E-state index in [9.17, 15) is 5.11 Å². The predicted molar refractivity (Wildman–Crippen MR) is 73.0 cm³/mol. The lowest BCUT2D eigenvalue weighted by Gasteiger charge is -2.13. The molecule has 3 nitrogen and oxygen atoms in total. The maximum absolute atomic E-state index is 9.74. The molecule has 0 spiro atoms. The summed E-state index contributed by atoms with van der Waals surface area (Å²) in [5.41, 5.74) is 1.95. The quantitative estimate of drug-likeness (QED) is 0.919. The lowest BCUT2D eigenvalue weighted by molar-refractivity contribution is 0.190. The molecule has 0 amide bonds. The Hall–Kier alpha value is -1.39. The van der Waals surface area contributed by atoms with Crippen molar-refractivity contribution in [2.75, 3.05) is 0 Å². The van der Waals surface area contributed by atoms with Crippen LogP contribution in [0, 0.1) is 13.8 Å². The number of rotatable bonds is 4. The van der Waals surface area contributed by atoms with Crippen LogP contribution < -0.4 is 4.74 Å². The van der Waals surface area contributed by atoms with Gasteiger partial charge >= 0.3 is 0 Å². The van der Waals surface area contributed by atoms with Crippen molar-refractivity contribution in [2.45, 2.75) is 33.5 Å². The van der Waals surface area contributed by atoms with Gasteiger partial charge in [0.2, 0.25) is 0 Å². The summed E-state index contributed by atoms with van der Waals surface area (Å²) in [5.74, 6) is 0.738. The molecule has 0 aliphatic heterocycles. The number of thiazole rings is 1. The van der Waals surface area contributed by atoms with Gasteiger partial charge in [-0.2, -0.15) is 0 Å². The van der Waals surface area contributed by atoms with Crippen LogP contribution in [0.15, 0.2) is 24.4 Å². The van der Waals surface area contributed by atoms with Crippen LogP contribution in [0.5, 0.6) is 5.75 Å². The van der Waals surface area contributed by atoms with Gasteiger partial charge in [-0.1, -0.05) is 11.6 Å². The molecule has 1 aromatic carbocycles. The number of aliphatic hydroxyl groups excluding tert-OH is 1. The number of hydrogen-bond donors (Lipinski definition) is 1. The predicted octanol–water partition coefficient (Wildman–Crippen LogP) is 3.39. The highest BCUT2D eigenvalue weighted by atomic mass is 32.1. The number of aliphatic hydroxyl groups is 1. The van der Waals surface area contributed by atoms with E-state index in [1.165, 1.54) is 0 Å². The van der Waals surface area contributed by atoms with E-state index in [1.807, 2.05) is 38.2 Å². The molecule has 0 bridgehead atoms. The summed E-state index contributed by atoms with van der Waals surface area (Å²) in [7, 11) is 0. The number of aryl methyl sites for hydroxylation is 2. The van der Waals surface area contributed by atoms with E-state index in [-0.39, 0.29) is 0 Å². The van der Waals surface area contributed by atoms with Gasteiger partial charge in [0.15, 0.2) is 0 Å². The molecule has 18 heavy (non-hydrogen) atoms. The zero-order valence-electron chi connectivity index (χ0n) is 10.8. The number of ether oxygens (including phenoxy) is 1. The van der Waals surface area contributed by atoms with Gasteiger partial charge in [0.25, 0.3) is 0 Å². The maximum Gasteiger partial charge on any atom is 0.125 e. The van der Waals surface area contributed by atoms with Gasteiger partial charge in [0, 0.05) is 11.8 Å². The molecule has 0 saturated heterocycles. The van der Waals surface area contributed by atoms with Crippen LogP contribution in [0.1, 0.15) is 34.0 Å². The van der Waals surface area contributed by atoms with Gasteiger partial charge in [0.05, 0.1) is 16.0 Å². The molecular weight excluding hydrogens is 246 g/mol. The van der Waals surface area contributed by atoms with Gasteiger partial charge < -0.3 is 9.84 Å². The van der Waals surface area contributed by atoms with Crippen molar-refractivity contribution in [3.8, 4) is 5.75 Å². The fourth-order valence-electron chi connectivity index (χ4n) is 1.75. The third kappa shape index (κ3) is 3.09. The third-order valence-electron chi connectivity index (χ3n) is 2.65. The van der Waals surface area contributed by atoms with Crippen LogP contribution >= 0.6 is 11.3 Å². The van der Waals surface area contributed by atoms with Gasteiger partial charge in [-0.25, -0.2) is 4.98 Å². The highest BCUT2D eigenvalue weighted by molar-refractivity contribution is 7.11. The Balaban J connectivity index is 2.13. The summed E-state index contributed by atoms with van der Waals surface area (Å²) in [4.78, 5) is 5.28. The molecule has 0 fully saturated rings. The van der Waals surface area contributed by atoms with Crippen molar-refractivity contribution in [1.82, 2.24) is 4.98 Å². The highest BCUT2D eigenvalue weighted by Crippen LogP contribution is 2.27. The molecule has 2 rings (SSSR count). The fourth-order valence-corrected chi connectivity index (χ4v) is 2.45. The van der Waals surface area contributed by atoms with Gasteiger partial charge in [-0.3, -0.25) is 0 Å². The van der Waals surface area contributed by atoms with Gasteiger partial charge in [0.1, 0.15) is 12.4 Å². The average Bonchev–Trinajstić information content (AvgIpc) is 2.73. The third-order valence-corrected chi connectivity index (χ3v) is 3.54. The molecule has 0 unspecified atom stereocenters. The van der Waals surface area contributed by atoms with Crippen LogP contribution in [0.25, 0.3) is 0 Å². The van der Waals surface area contributed by atoms with Crippen LogP contribution in [-0.2, 0) is 6.61 Å². The number of benzene rings is 1. The lowest BCUT2D eigenvalue weighted by Crippen LogP contribution is -2.00. The Morgan fingerprint density at radius 3 is 2.78 bits per heavy atom. The smallest absolute Gasteiger partial charge is 0.125 e. The van der Waals surface area contributed by atoms with E-state index in [0.717, 1.165) is 26.8 Å². The molecule has 1 atom stereocenters. The standard InChI is InChI=1S/C14H17NO2S/c1-9-4-5-14(13(6-9)10(2)16)17-8-12-7-15-11(3)18-12/h4-7,10,16H,8H2,1-3H3/t10-/m0/s1. The van der Waals surface area contributed by atoms with Crippen LogP contribution in [0.3, 0.4) is 0 Å². The molecule has 4 heteroatoms. The first-order valence-electron chi connectivity index (χ1n) is 5.89. The first-order valence-corrected chi connectivity index (χ1v) is 6.70. The first-order chi connectivity index (χ1) is 8.56. The summed E-state index contributed by atoms with van der Waals surface area (Å²) >= 11 is 1.63. The van der Waals surface area contributed by atoms with Crippen molar-refractivity contribution in [2.24, 2.45) is 0 Å². The summed E-state index contributed by atoms with van der Waals surface area (Å²) < 4.78 is 5.76. The zero-order chi connectivity index (χ0) is 13.1. The molecule has 0 aliphatic carbocycles. The molecular formula is C14H17NO2S. The summed E-state index contributed by atoms with van der Waals surface area (Å²) in [5, 5.41) is 10.8. The SMILES string of the molecule is Cc1ccc(OCc2cnc(C)s2)c([C@H](C)O)c1. The lowest BCUT2D eigenvalue weighted by atomic mass is 10.1. The zero-order valence-corrected chi connectivity index (χ0v) is 11.6. The number of aromatic nitrogens is 1. The van der Waals surface area contributed by atoms with E-state index in [4.69, 9.17) is 4.74 Å². The summed E-state index contributed by atoms with van der Waals surface area (Å²) in [6.45, 7) is 6.22. The van der Waals surface area contributed by atoms with E-state index in [0.29, 0.717) is 6.61 Å². The van der Waals surface area contributed by atoms with Crippen molar-refractivity contribution in [1.29, 1.82) is 0 Å². The van der Waals surface area contributed by atoms with E-state index < -0.39 is 6.10 Å². The molecule has 0 saturated carbocycles. The second-order valence-corrected chi connectivity index (χ2v) is 5.67. The van der Waals surface area contributed by atoms with E-state index in [2.05, 4.69) is 4.98 Å². The van der Waals surface area contributed by atoms with E-state index in [1.54, 1.807) is 18.3 Å². The van der Waals surface area contributed by atoms with Crippen molar-refractivity contribution < 1.29 is 9.84 Å². The van der Waals surface area contributed by atoms with Crippen LogP contribution in [0.4, 0.5) is 0 Å². The fraction of sp³-hybridized carbons (Fsp3) is 0.357. The molecule has 1 aromatic heterocycles. The van der Waals surface area contributed by atoms with Crippen LogP contribution in [0.2, 0.25) is 0 Å². The van der Waals surface area contributed by atoms with Gasteiger partial charge in [-0.05, 0) is 32.9 Å². The Bertz CT molecular complexity index is 534. The Morgan fingerprint density at radius 2 is 2.17 bits per heavy atom. The summed E-state index contributed by atoms with van der Waals surface area (Å²) in [6.07, 6.45) is 1.30. The van der Waals surface area contributed by atoms with Crippen molar-refractivity contribution >= 4 is 11.3 Å². The monoisotopic (exact) mass is 263 g/mol. The Morgan fingerprint density at radius 1 is 1.39 bits per heavy atom. The number of nitrogens with zero attached hydrogens (tertiary/aromatic N) is 1. The van der Waals surface area contributed by atoms with Crippen molar-refractivity contribution in [3.63, 3.8) is 0 Å². The topological polar surface area (TPSA) is 42.4 Å². The molecule has 2 aromatic rings. The Labute approximate surface area is 111 Å². The molecule has 1 N–H and O–H groups in total.